The van der Waals surface area contributed by atoms with Crippen molar-refractivity contribution >= 4 is 23.3 Å². The summed E-state index contributed by atoms with van der Waals surface area (Å²) in [5.41, 5.74) is 0.932. The van der Waals surface area contributed by atoms with Crippen molar-refractivity contribution in [2.24, 2.45) is 0 Å². The zero-order valence-electron chi connectivity index (χ0n) is 16.0. The number of anilines is 2. The molecule has 2 heterocycles. The standard InChI is InChI=1S/C21H23FN2O4/c1-27-20(25)16-8-4-7-13-24(19(16)21(26)28-2)15-9-10-18(17(22)14-15)23-11-5-3-6-12-23/h4,7-10,13-14H,3,5-6,11-12H2,1-2H3. The van der Waals surface area contributed by atoms with Crippen LogP contribution in [0.3, 0.4) is 0 Å². The number of methoxy groups -OCH3 is 2. The van der Waals surface area contributed by atoms with Crippen LogP contribution in [0.1, 0.15) is 19.3 Å². The summed E-state index contributed by atoms with van der Waals surface area (Å²) >= 11 is 0. The Morgan fingerprint density at radius 2 is 1.71 bits per heavy atom. The summed E-state index contributed by atoms with van der Waals surface area (Å²) in [5.74, 6) is -1.79. The van der Waals surface area contributed by atoms with Crippen LogP contribution < -0.4 is 9.80 Å². The molecule has 0 aliphatic carbocycles. The van der Waals surface area contributed by atoms with Crippen LogP contribution in [-0.4, -0.2) is 39.2 Å². The van der Waals surface area contributed by atoms with Crippen molar-refractivity contribution in [2.45, 2.75) is 19.3 Å². The summed E-state index contributed by atoms with van der Waals surface area (Å²) in [5, 5.41) is 0. The second-order valence-electron chi connectivity index (χ2n) is 6.50. The molecule has 1 aromatic rings. The number of benzene rings is 1. The minimum absolute atomic E-state index is 0.0277. The molecule has 1 aromatic carbocycles. The smallest absolute Gasteiger partial charge is 0.355 e. The number of esters is 2. The lowest BCUT2D eigenvalue weighted by Gasteiger charge is -2.30. The lowest BCUT2D eigenvalue weighted by molar-refractivity contribution is -0.139. The van der Waals surface area contributed by atoms with Gasteiger partial charge in [0.1, 0.15) is 11.5 Å². The molecule has 3 rings (SSSR count). The average Bonchev–Trinajstić information content (AvgIpc) is 2.96. The van der Waals surface area contributed by atoms with Crippen LogP contribution in [0.15, 0.2) is 53.9 Å². The summed E-state index contributed by atoms with van der Waals surface area (Å²) in [6.07, 6.45) is 9.54. The highest BCUT2D eigenvalue weighted by Gasteiger charge is 2.28. The van der Waals surface area contributed by atoms with Gasteiger partial charge in [-0.1, -0.05) is 6.08 Å². The van der Waals surface area contributed by atoms with E-state index in [2.05, 4.69) is 0 Å². The van der Waals surface area contributed by atoms with Gasteiger partial charge in [-0.3, -0.25) is 0 Å². The molecule has 1 saturated heterocycles. The molecule has 7 heteroatoms. The Kier molecular flexibility index (Phi) is 6.13. The molecule has 0 spiro atoms. The summed E-state index contributed by atoms with van der Waals surface area (Å²) in [6, 6.07) is 4.78. The SMILES string of the molecule is COC(=O)C1=C(C(=O)OC)N(c2ccc(N3CCCCC3)c(F)c2)C=CC=C1. The molecule has 2 aliphatic heterocycles. The van der Waals surface area contributed by atoms with E-state index in [1.807, 2.05) is 4.90 Å². The van der Waals surface area contributed by atoms with Crippen LogP contribution in [-0.2, 0) is 19.1 Å². The fourth-order valence-corrected chi connectivity index (χ4v) is 3.40. The maximum Gasteiger partial charge on any atom is 0.355 e. The first-order chi connectivity index (χ1) is 13.6. The van der Waals surface area contributed by atoms with E-state index in [0.29, 0.717) is 11.4 Å². The number of carbonyl (C=O) groups excluding carboxylic acids is 2. The Balaban J connectivity index is 2.03. The average molecular weight is 386 g/mol. The van der Waals surface area contributed by atoms with Gasteiger partial charge in [0.25, 0.3) is 0 Å². The molecule has 0 unspecified atom stereocenters. The summed E-state index contributed by atoms with van der Waals surface area (Å²) in [6.45, 7) is 1.65. The van der Waals surface area contributed by atoms with Gasteiger partial charge >= 0.3 is 11.9 Å². The van der Waals surface area contributed by atoms with Crippen molar-refractivity contribution in [3.05, 3.63) is 59.7 Å². The molecule has 0 atom stereocenters. The Morgan fingerprint density at radius 3 is 2.36 bits per heavy atom. The molecule has 0 amide bonds. The third kappa shape index (κ3) is 3.93. The van der Waals surface area contributed by atoms with E-state index < -0.39 is 11.9 Å². The summed E-state index contributed by atoms with van der Waals surface area (Å²) < 4.78 is 24.5. The van der Waals surface area contributed by atoms with Crippen LogP contribution >= 0.6 is 0 Å². The Hall–Kier alpha value is -3.09. The lowest BCUT2D eigenvalue weighted by Crippen LogP contribution is -2.30. The molecular weight excluding hydrogens is 363 g/mol. The number of rotatable bonds is 4. The Morgan fingerprint density at radius 1 is 1.00 bits per heavy atom. The second kappa shape index (κ2) is 8.73. The van der Waals surface area contributed by atoms with E-state index in [4.69, 9.17) is 9.47 Å². The van der Waals surface area contributed by atoms with Gasteiger partial charge in [0.15, 0.2) is 0 Å². The molecule has 0 N–H and O–H groups in total. The van der Waals surface area contributed by atoms with E-state index in [9.17, 15) is 14.0 Å². The Bertz CT molecular complexity index is 854. The van der Waals surface area contributed by atoms with Crippen LogP contribution in [0.5, 0.6) is 0 Å². The largest absolute Gasteiger partial charge is 0.465 e. The summed E-state index contributed by atoms with van der Waals surface area (Å²) in [7, 11) is 2.45. The molecule has 6 nitrogen and oxygen atoms in total. The molecule has 0 bridgehead atoms. The number of allylic oxidation sites excluding steroid dienone is 2. The minimum atomic E-state index is -0.725. The van der Waals surface area contributed by atoms with Gasteiger partial charge in [0.05, 0.1) is 25.5 Å². The van der Waals surface area contributed by atoms with E-state index in [1.54, 1.807) is 30.5 Å². The van der Waals surface area contributed by atoms with Gasteiger partial charge in [0, 0.05) is 31.0 Å². The number of hydrogen-bond donors (Lipinski definition) is 0. The minimum Gasteiger partial charge on any atom is -0.465 e. The van der Waals surface area contributed by atoms with Gasteiger partial charge in [-0.15, -0.1) is 0 Å². The third-order valence-electron chi connectivity index (χ3n) is 4.80. The molecule has 0 saturated carbocycles. The highest BCUT2D eigenvalue weighted by atomic mass is 19.1. The quantitative estimate of drug-likeness (QED) is 0.740. The Labute approximate surface area is 163 Å². The van der Waals surface area contributed by atoms with E-state index in [1.165, 1.54) is 31.3 Å². The fraction of sp³-hybridized carbons (Fsp3) is 0.333. The van der Waals surface area contributed by atoms with Crippen molar-refractivity contribution in [3.63, 3.8) is 0 Å². The van der Waals surface area contributed by atoms with E-state index in [-0.39, 0.29) is 17.1 Å². The number of nitrogens with zero attached hydrogens (tertiary/aromatic N) is 2. The molecule has 28 heavy (non-hydrogen) atoms. The molecule has 1 fully saturated rings. The fourth-order valence-electron chi connectivity index (χ4n) is 3.40. The van der Waals surface area contributed by atoms with Crippen molar-refractivity contribution in [3.8, 4) is 0 Å². The maximum atomic E-state index is 14.9. The van der Waals surface area contributed by atoms with Crippen LogP contribution in [0.4, 0.5) is 15.8 Å². The van der Waals surface area contributed by atoms with Gasteiger partial charge in [-0.05, 0) is 43.5 Å². The monoisotopic (exact) mass is 386 g/mol. The normalized spacial score (nSPS) is 16.8. The zero-order chi connectivity index (χ0) is 20.1. The first-order valence-electron chi connectivity index (χ1n) is 9.16. The van der Waals surface area contributed by atoms with Gasteiger partial charge in [-0.2, -0.15) is 0 Å². The first-order valence-corrected chi connectivity index (χ1v) is 9.16. The number of piperidine rings is 1. The molecule has 148 valence electrons. The van der Waals surface area contributed by atoms with Gasteiger partial charge in [0.2, 0.25) is 0 Å². The topological polar surface area (TPSA) is 59.1 Å². The van der Waals surface area contributed by atoms with Crippen LogP contribution in [0, 0.1) is 5.82 Å². The van der Waals surface area contributed by atoms with Crippen molar-refractivity contribution in [1.82, 2.24) is 0 Å². The number of halogens is 1. The number of carbonyl (C=O) groups is 2. The van der Waals surface area contributed by atoms with Gasteiger partial charge in [-0.25, -0.2) is 14.0 Å². The van der Waals surface area contributed by atoms with Crippen molar-refractivity contribution < 1.29 is 23.5 Å². The van der Waals surface area contributed by atoms with Crippen molar-refractivity contribution in [1.29, 1.82) is 0 Å². The lowest BCUT2D eigenvalue weighted by atomic mass is 10.1. The molecule has 2 aliphatic rings. The van der Waals surface area contributed by atoms with E-state index in [0.717, 1.165) is 32.4 Å². The molecule has 0 radical (unpaired) electrons. The maximum absolute atomic E-state index is 14.9. The van der Waals surface area contributed by atoms with Gasteiger partial charge < -0.3 is 19.3 Å². The van der Waals surface area contributed by atoms with E-state index >= 15 is 0 Å². The van der Waals surface area contributed by atoms with Crippen LogP contribution in [0.2, 0.25) is 0 Å². The summed E-state index contributed by atoms with van der Waals surface area (Å²) in [4.78, 5) is 28.1. The van der Waals surface area contributed by atoms with Crippen molar-refractivity contribution in [2.75, 3.05) is 37.1 Å². The number of ether oxygens (including phenoxy) is 2. The molecular formula is C21H23FN2O4. The van der Waals surface area contributed by atoms with Crippen LogP contribution in [0.25, 0.3) is 0 Å². The zero-order valence-corrected chi connectivity index (χ0v) is 16.0. The predicted molar refractivity (Wildman–Crippen MR) is 104 cm³/mol. The first kappa shape index (κ1) is 19.7. The molecule has 0 aromatic heterocycles. The highest BCUT2D eigenvalue weighted by Crippen LogP contribution is 2.31. The second-order valence-corrected chi connectivity index (χ2v) is 6.50. The number of hydrogen-bond acceptors (Lipinski definition) is 6. The highest BCUT2D eigenvalue weighted by molar-refractivity contribution is 6.05. The predicted octanol–water partition coefficient (Wildman–Crippen LogP) is 3.31. The third-order valence-corrected chi connectivity index (χ3v) is 4.80.